The Morgan fingerprint density at radius 3 is 1.76 bits per heavy atom. The van der Waals surface area contributed by atoms with E-state index in [1.807, 2.05) is 61.5 Å². The third-order valence-electron chi connectivity index (χ3n) is 3.56. The predicted molar refractivity (Wildman–Crippen MR) is 86.4 cm³/mol. The van der Waals surface area contributed by atoms with Crippen LogP contribution in [0.4, 0.5) is 0 Å². The van der Waals surface area contributed by atoms with Crippen LogP contribution in [0.2, 0.25) is 0 Å². The molecular weight excluding hydrogens is 260 g/mol. The molecule has 0 saturated carbocycles. The molecular formula is C18H16N2O. The molecule has 3 rings (SSSR count). The van der Waals surface area contributed by atoms with Crippen molar-refractivity contribution in [2.45, 2.75) is 6.92 Å². The zero-order chi connectivity index (χ0) is 15.0. The molecule has 2 aromatic carbocycles. The van der Waals surface area contributed by atoms with Crippen LogP contribution in [0.3, 0.4) is 0 Å². The first-order valence-electron chi connectivity index (χ1n) is 6.73. The highest BCUT2D eigenvalue weighted by molar-refractivity contribution is 5.38. The molecule has 0 bridgehead atoms. The SMILES string of the molecule is C=c1c(=C)n(-c2ccc(C)cc2)c(=O)n1-c1ccccc1. The molecule has 0 amide bonds. The van der Waals surface area contributed by atoms with Crippen LogP contribution in [0.1, 0.15) is 5.56 Å². The molecule has 0 aliphatic heterocycles. The van der Waals surface area contributed by atoms with Gasteiger partial charge in [-0.15, -0.1) is 0 Å². The molecule has 3 heteroatoms. The first-order valence-corrected chi connectivity index (χ1v) is 6.73. The largest absolute Gasteiger partial charge is 0.338 e. The van der Waals surface area contributed by atoms with Gasteiger partial charge in [-0.3, -0.25) is 9.13 Å². The normalized spacial score (nSPS) is 10.7. The van der Waals surface area contributed by atoms with Crippen molar-refractivity contribution < 1.29 is 0 Å². The van der Waals surface area contributed by atoms with Crippen molar-refractivity contribution in [1.29, 1.82) is 0 Å². The fourth-order valence-corrected chi connectivity index (χ4v) is 2.39. The highest BCUT2D eigenvalue weighted by Gasteiger charge is 2.10. The number of aryl methyl sites for hydroxylation is 1. The molecule has 1 heterocycles. The van der Waals surface area contributed by atoms with Gasteiger partial charge in [-0.2, -0.15) is 0 Å². The van der Waals surface area contributed by atoms with Gasteiger partial charge >= 0.3 is 5.69 Å². The molecule has 3 aromatic rings. The van der Waals surface area contributed by atoms with E-state index in [2.05, 4.69) is 13.2 Å². The second kappa shape index (κ2) is 4.94. The summed E-state index contributed by atoms with van der Waals surface area (Å²) in [6.45, 7) is 10.0. The van der Waals surface area contributed by atoms with E-state index >= 15 is 0 Å². The van der Waals surface area contributed by atoms with Crippen LogP contribution in [0.15, 0.2) is 59.4 Å². The lowest BCUT2D eigenvalue weighted by molar-refractivity contribution is 0.893. The van der Waals surface area contributed by atoms with Gasteiger partial charge in [-0.1, -0.05) is 49.1 Å². The molecule has 0 saturated heterocycles. The predicted octanol–water partition coefficient (Wildman–Crippen LogP) is 1.76. The lowest BCUT2D eigenvalue weighted by Crippen LogP contribution is -2.29. The smallest absolute Gasteiger partial charge is 0.261 e. The third-order valence-corrected chi connectivity index (χ3v) is 3.56. The summed E-state index contributed by atoms with van der Waals surface area (Å²) in [5.41, 5.74) is 2.59. The second-order valence-corrected chi connectivity index (χ2v) is 5.02. The summed E-state index contributed by atoms with van der Waals surface area (Å²) in [6.07, 6.45) is 0. The molecule has 0 aliphatic carbocycles. The van der Waals surface area contributed by atoms with Gasteiger partial charge in [0.1, 0.15) is 0 Å². The second-order valence-electron chi connectivity index (χ2n) is 5.02. The van der Waals surface area contributed by atoms with E-state index in [1.165, 1.54) is 0 Å². The van der Waals surface area contributed by atoms with E-state index in [1.54, 1.807) is 9.13 Å². The lowest BCUT2D eigenvalue weighted by atomic mass is 10.2. The van der Waals surface area contributed by atoms with Gasteiger partial charge in [0.05, 0.1) is 22.1 Å². The Kier molecular flexibility index (Phi) is 3.10. The zero-order valence-electron chi connectivity index (χ0n) is 11.9. The molecule has 3 nitrogen and oxygen atoms in total. The Labute approximate surface area is 122 Å². The van der Waals surface area contributed by atoms with Crippen LogP contribution in [0.5, 0.6) is 0 Å². The van der Waals surface area contributed by atoms with E-state index < -0.39 is 0 Å². The van der Waals surface area contributed by atoms with E-state index in [0.717, 1.165) is 16.9 Å². The number of rotatable bonds is 2. The van der Waals surface area contributed by atoms with Gasteiger partial charge in [0, 0.05) is 0 Å². The summed E-state index contributed by atoms with van der Waals surface area (Å²) in [5.74, 6) is 0. The van der Waals surface area contributed by atoms with E-state index in [-0.39, 0.29) is 5.69 Å². The average molecular weight is 276 g/mol. The van der Waals surface area contributed by atoms with Gasteiger partial charge in [0.25, 0.3) is 0 Å². The maximum absolute atomic E-state index is 12.7. The lowest BCUT2D eigenvalue weighted by Gasteiger charge is -2.03. The summed E-state index contributed by atoms with van der Waals surface area (Å²) in [4.78, 5) is 12.7. The van der Waals surface area contributed by atoms with E-state index in [4.69, 9.17) is 0 Å². The third kappa shape index (κ3) is 2.13. The summed E-state index contributed by atoms with van der Waals surface area (Å²) >= 11 is 0. The molecule has 21 heavy (non-hydrogen) atoms. The fourth-order valence-electron chi connectivity index (χ4n) is 2.39. The van der Waals surface area contributed by atoms with Crippen molar-refractivity contribution in [2.24, 2.45) is 0 Å². The fraction of sp³-hybridized carbons (Fsp3) is 0.0556. The highest BCUT2D eigenvalue weighted by Crippen LogP contribution is 2.06. The van der Waals surface area contributed by atoms with Crippen LogP contribution < -0.4 is 16.4 Å². The first kappa shape index (κ1) is 13.2. The Bertz CT molecular complexity index is 932. The molecule has 0 fully saturated rings. The van der Waals surface area contributed by atoms with Crippen LogP contribution >= 0.6 is 0 Å². The summed E-state index contributed by atoms with van der Waals surface area (Å²) in [6, 6.07) is 17.3. The number of hydrogen-bond donors (Lipinski definition) is 0. The Morgan fingerprint density at radius 1 is 0.762 bits per heavy atom. The van der Waals surface area contributed by atoms with Crippen LogP contribution in [0, 0.1) is 6.92 Å². The molecule has 0 atom stereocenters. The topological polar surface area (TPSA) is 26.9 Å². The number of aromatic nitrogens is 2. The van der Waals surface area contributed by atoms with Crippen LogP contribution in [-0.4, -0.2) is 9.13 Å². The van der Waals surface area contributed by atoms with Gasteiger partial charge in [-0.25, -0.2) is 4.79 Å². The minimum atomic E-state index is -0.153. The van der Waals surface area contributed by atoms with Crippen molar-refractivity contribution in [3.05, 3.63) is 81.3 Å². The van der Waals surface area contributed by atoms with E-state index in [9.17, 15) is 4.79 Å². The Hall–Kier alpha value is -2.81. The molecule has 0 unspecified atom stereocenters. The van der Waals surface area contributed by atoms with E-state index in [0.29, 0.717) is 10.7 Å². The zero-order valence-corrected chi connectivity index (χ0v) is 11.9. The van der Waals surface area contributed by atoms with Crippen molar-refractivity contribution in [1.82, 2.24) is 9.13 Å². The summed E-state index contributed by atoms with van der Waals surface area (Å²) < 4.78 is 3.18. The van der Waals surface area contributed by atoms with Gasteiger partial charge in [0.2, 0.25) is 0 Å². The minimum Gasteiger partial charge on any atom is -0.261 e. The summed E-state index contributed by atoms with van der Waals surface area (Å²) in [7, 11) is 0. The van der Waals surface area contributed by atoms with Crippen molar-refractivity contribution in [2.75, 3.05) is 0 Å². The maximum atomic E-state index is 12.7. The minimum absolute atomic E-state index is 0.153. The standard InChI is InChI=1S/C18H16N2O/c1-13-9-11-17(12-10-13)20-15(3)14(2)19(18(20)21)16-7-5-4-6-8-16/h4-12H,2-3H2,1H3. The van der Waals surface area contributed by atoms with Gasteiger partial charge in [0.15, 0.2) is 0 Å². The molecule has 0 radical (unpaired) electrons. The maximum Gasteiger partial charge on any atom is 0.338 e. The molecule has 0 aliphatic rings. The van der Waals surface area contributed by atoms with Crippen LogP contribution in [-0.2, 0) is 0 Å². The first-order chi connectivity index (χ1) is 10.1. The monoisotopic (exact) mass is 276 g/mol. The number of nitrogens with zero attached hydrogens (tertiary/aromatic N) is 2. The van der Waals surface area contributed by atoms with Gasteiger partial charge in [-0.05, 0) is 31.2 Å². The number of imidazole rings is 1. The average Bonchev–Trinajstić information content (AvgIpc) is 2.72. The van der Waals surface area contributed by atoms with Crippen molar-refractivity contribution >= 4 is 13.2 Å². The Morgan fingerprint density at radius 2 is 1.24 bits per heavy atom. The summed E-state index contributed by atoms with van der Waals surface area (Å²) in [5, 5.41) is 1.21. The van der Waals surface area contributed by atoms with Crippen molar-refractivity contribution in [3.63, 3.8) is 0 Å². The number of hydrogen-bond acceptors (Lipinski definition) is 1. The molecule has 0 spiro atoms. The molecule has 0 N–H and O–H groups in total. The van der Waals surface area contributed by atoms with Gasteiger partial charge < -0.3 is 0 Å². The number of benzene rings is 2. The number of para-hydroxylation sites is 1. The van der Waals surface area contributed by atoms with Crippen LogP contribution in [0.25, 0.3) is 24.5 Å². The highest BCUT2D eigenvalue weighted by atomic mass is 16.1. The Balaban J connectivity index is 2.31. The van der Waals surface area contributed by atoms with Crippen molar-refractivity contribution in [3.8, 4) is 11.4 Å². The molecule has 1 aromatic heterocycles. The quantitative estimate of drug-likeness (QED) is 0.700. The molecule has 104 valence electrons.